The van der Waals surface area contributed by atoms with Crippen LogP contribution in [0.4, 0.5) is 5.82 Å². The Morgan fingerprint density at radius 3 is 2.65 bits per heavy atom. The standard InChI is InChI=1S/C18H25BrN4O.2ClH/c19-15-4-5-16(21-12-15)22-7-9-23(10-8-22)17(24)18-6-2-1-3-14(18)11-20-13-18;;/h4-5,12,14,20H,1-3,6-11,13H2;2*1H/t14-,18+;;/m0../s1. The van der Waals surface area contributed by atoms with Crippen molar-refractivity contribution >= 4 is 52.5 Å². The Labute approximate surface area is 176 Å². The third-order valence-corrected chi connectivity index (χ3v) is 6.54. The molecule has 1 N–H and O–H groups in total. The number of fused-ring (bicyclic) bond motifs is 1. The van der Waals surface area contributed by atoms with Crippen LogP contribution >= 0.6 is 40.7 Å². The number of pyridine rings is 1. The van der Waals surface area contributed by atoms with E-state index in [1.165, 1.54) is 19.3 Å². The van der Waals surface area contributed by atoms with E-state index >= 15 is 0 Å². The van der Waals surface area contributed by atoms with Crippen molar-refractivity contribution in [1.82, 2.24) is 15.2 Å². The number of amides is 1. The average Bonchev–Trinajstić information content (AvgIpc) is 3.07. The SMILES string of the molecule is Cl.Cl.O=C(N1CCN(c2ccc(Br)cn2)CC1)[C@@]12CCCC[C@H]1CNC2. The second-order valence-electron chi connectivity index (χ2n) is 7.34. The van der Waals surface area contributed by atoms with Crippen LogP contribution in [0.15, 0.2) is 22.8 Å². The molecule has 2 aliphatic heterocycles. The summed E-state index contributed by atoms with van der Waals surface area (Å²) >= 11 is 3.43. The van der Waals surface area contributed by atoms with Crippen molar-refractivity contribution in [2.75, 3.05) is 44.2 Å². The lowest BCUT2D eigenvalue weighted by Gasteiger charge is -2.43. The van der Waals surface area contributed by atoms with E-state index in [0.29, 0.717) is 11.8 Å². The fourth-order valence-corrected chi connectivity index (χ4v) is 4.91. The number of carbonyl (C=O) groups is 1. The van der Waals surface area contributed by atoms with Crippen LogP contribution in [0.2, 0.25) is 0 Å². The molecule has 3 heterocycles. The van der Waals surface area contributed by atoms with Gasteiger partial charge >= 0.3 is 0 Å². The lowest BCUT2D eigenvalue weighted by Crippen LogP contribution is -2.56. The van der Waals surface area contributed by atoms with Gasteiger partial charge in [0.1, 0.15) is 5.82 Å². The van der Waals surface area contributed by atoms with Crippen LogP contribution in [0, 0.1) is 11.3 Å². The van der Waals surface area contributed by atoms with Crippen molar-refractivity contribution in [2.24, 2.45) is 11.3 Å². The fourth-order valence-electron chi connectivity index (χ4n) is 4.68. The number of rotatable bonds is 2. The van der Waals surface area contributed by atoms with Gasteiger partial charge in [-0.1, -0.05) is 12.8 Å². The summed E-state index contributed by atoms with van der Waals surface area (Å²) < 4.78 is 0.997. The summed E-state index contributed by atoms with van der Waals surface area (Å²) in [6.07, 6.45) is 6.60. The van der Waals surface area contributed by atoms with Crippen LogP contribution in [0.25, 0.3) is 0 Å². The van der Waals surface area contributed by atoms with Gasteiger partial charge in [-0.25, -0.2) is 4.98 Å². The Hall–Kier alpha value is -0.560. The number of hydrogen-bond acceptors (Lipinski definition) is 4. The summed E-state index contributed by atoms with van der Waals surface area (Å²) in [5.74, 6) is 1.95. The molecular weight excluding hydrogens is 439 g/mol. The Kier molecular flexibility index (Phi) is 7.60. The molecule has 0 radical (unpaired) electrons. The highest BCUT2D eigenvalue weighted by Crippen LogP contribution is 2.45. The molecule has 0 aromatic carbocycles. The second kappa shape index (κ2) is 9.09. The van der Waals surface area contributed by atoms with Crippen molar-refractivity contribution < 1.29 is 4.79 Å². The number of hydrogen-bond donors (Lipinski definition) is 1. The fraction of sp³-hybridized carbons (Fsp3) is 0.667. The van der Waals surface area contributed by atoms with E-state index in [9.17, 15) is 4.79 Å². The average molecular weight is 466 g/mol. The molecule has 1 aliphatic carbocycles. The third-order valence-electron chi connectivity index (χ3n) is 6.07. The summed E-state index contributed by atoms with van der Waals surface area (Å²) in [6.45, 7) is 5.26. The number of aromatic nitrogens is 1. The molecule has 2 saturated heterocycles. The van der Waals surface area contributed by atoms with Gasteiger partial charge in [-0.3, -0.25) is 4.79 Å². The Morgan fingerprint density at radius 2 is 1.96 bits per heavy atom. The van der Waals surface area contributed by atoms with Gasteiger partial charge in [-0.2, -0.15) is 0 Å². The molecule has 146 valence electrons. The van der Waals surface area contributed by atoms with Crippen LogP contribution in [-0.4, -0.2) is 55.1 Å². The van der Waals surface area contributed by atoms with Gasteiger partial charge in [-0.05, 0) is 53.4 Å². The van der Waals surface area contributed by atoms with Gasteiger partial charge in [0.15, 0.2) is 0 Å². The molecule has 1 aromatic heterocycles. The van der Waals surface area contributed by atoms with Crippen molar-refractivity contribution in [3.8, 4) is 0 Å². The first-order valence-electron chi connectivity index (χ1n) is 9.06. The number of nitrogens with one attached hydrogen (secondary N) is 1. The lowest BCUT2D eigenvalue weighted by molar-refractivity contribution is -0.145. The van der Waals surface area contributed by atoms with Crippen molar-refractivity contribution in [1.29, 1.82) is 0 Å². The predicted octanol–water partition coefficient (Wildman–Crippen LogP) is 3.12. The van der Waals surface area contributed by atoms with Crippen molar-refractivity contribution in [3.63, 3.8) is 0 Å². The Bertz CT molecular complexity index is 610. The maximum Gasteiger partial charge on any atom is 0.230 e. The van der Waals surface area contributed by atoms with E-state index in [1.54, 1.807) is 0 Å². The van der Waals surface area contributed by atoms with E-state index in [-0.39, 0.29) is 30.2 Å². The zero-order valence-electron chi connectivity index (χ0n) is 14.8. The summed E-state index contributed by atoms with van der Waals surface area (Å²) in [4.78, 5) is 22.2. The lowest BCUT2D eigenvalue weighted by atomic mass is 9.67. The molecule has 0 unspecified atom stereocenters. The zero-order valence-corrected chi connectivity index (χ0v) is 18.0. The minimum absolute atomic E-state index is 0. The molecule has 0 spiro atoms. The highest BCUT2D eigenvalue weighted by atomic mass is 79.9. The molecule has 1 saturated carbocycles. The number of piperazine rings is 1. The molecule has 1 aromatic rings. The number of anilines is 1. The zero-order chi connectivity index (χ0) is 16.6. The summed E-state index contributed by atoms with van der Waals surface area (Å²) in [7, 11) is 0. The maximum absolute atomic E-state index is 13.3. The monoisotopic (exact) mass is 464 g/mol. The van der Waals surface area contributed by atoms with Gasteiger partial charge < -0.3 is 15.1 Å². The van der Waals surface area contributed by atoms with Gasteiger partial charge in [0.05, 0.1) is 5.41 Å². The van der Waals surface area contributed by atoms with Crippen LogP contribution in [0.5, 0.6) is 0 Å². The first-order valence-corrected chi connectivity index (χ1v) is 9.85. The molecule has 2 atom stereocenters. The van der Waals surface area contributed by atoms with Gasteiger partial charge in [0, 0.05) is 43.4 Å². The van der Waals surface area contributed by atoms with Crippen molar-refractivity contribution in [2.45, 2.75) is 25.7 Å². The van der Waals surface area contributed by atoms with E-state index in [4.69, 9.17) is 0 Å². The molecule has 1 amide bonds. The van der Waals surface area contributed by atoms with Crippen LogP contribution in [-0.2, 0) is 4.79 Å². The molecule has 3 fully saturated rings. The largest absolute Gasteiger partial charge is 0.353 e. The van der Waals surface area contributed by atoms with Gasteiger partial charge in [0.2, 0.25) is 5.91 Å². The van der Waals surface area contributed by atoms with Crippen LogP contribution < -0.4 is 10.2 Å². The first kappa shape index (κ1) is 21.7. The Morgan fingerprint density at radius 1 is 1.19 bits per heavy atom. The number of halogens is 3. The highest BCUT2D eigenvalue weighted by molar-refractivity contribution is 9.10. The molecule has 4 rings (SSSR count). The minimum Gasteiger partial charge on any atom is -0.353 e. The van der Waals surface area contributed by atoms with E-state index in [0.717, 1.165) is 56.0 Å². The van der Waals surface area contributed by atoms with E-state index < -0.39 is 0 Å². The predicted molar refractivity (Wildman–Crippen MR) is 112 cm³/mol. The normalized spacial score (nSPS) is 28.0. The van der Waals surface area contributed by atoms with Gasteiger partial charge in [-0.15, -0.1) is 24.8 Å². The topological polar surface area (TPSA) is 48.5 Å². The maximum atomic E-state index is 13.3. The number of carbonyl (C=O) groups excluding carboxylic acids is 1. The van der Waals surface area contributed by atoms with E-state index in [1.807, 2.05) is 18.3 Å². The highest BCUT2D eigenvalue weighted by Gasteiger charge is 2.51. The summed E-state index contributed by atoms with van der Waals surface area (Å²) in [5, 5.41) is 3.49. The molecule has 3 aliphatic rings. The van der Waals surface area contributed by atoms with Crippen LogP contribution in [0.1, 0.15) is 25.7 Å². The summed E-state index contributed by atoms with van der Waals surface area (Å²) in [5.41, 5.74) is -0.115. The van der Waals surface area contributed by atoms with Crippen molar-refractivity contribution in [3.05, 3.63) is 22.8 Å². The second-order valence-corrected chi connectivity index (χ2v) is 8.26. The minimum atomic E-state index is -0.115. The van der Waals surface area contributed by atoms with Crippen LogP contribution in [0.3, 0.4) is 0 Å². The van der Waals surface area contributed by atoms with E-state index in [2.05, 4.69) is 36.0 Å². The Balaban J connectivity index is 0.00000121. The quantitative estimate of drug-likeness (QED) is 0.728. The first-order chi connectivity index (χ1) is 11.7. The molecule has 26 heavy (non-hydrogen) atoms. The third kappa shape index (κ3) is 3.98. The molecule has 0 bridgehead atoms. The molecular formula is C18H27BrCl2N4O. The summed E-state index contributed by atoms with van der Waals surface area (Å²) in [6, 6.07) is 4.06. The molecule has 5 nitrogen and oxygen atoms in total. The smallest absolute Gasteiger partial charge is 0.230 e. The molecule has 8 heteroatoms. The van der Waals surface area contributed by atoms with Gasteiger partial charge in [0.25, 0.3) is 0 Å². The number of nitrogens with zero attached hydrogens (tertiary/aromatic N) is 3.